The lowest BCUT2D eigenvalue weighted by molar-refractivity contribution is -0.617. The van der Waals surface area contributed by atoms with Gasteiger partial charge in [0, 0.05) is 32.3 Å². The molecular weight excluding hydrogens is 438 g/mol. The van der Waals surface area contributed by atoms with Gasteiger partial charge in [0.25, 0.3) is 5.65 Å². The molecule has 0 aliphatic carbocycles. The van der Waals surface area contributed by atoms with E-state index in [2.05, 4.69) is 124 Å². The van der Waals surface area contributed by atoms with E-state index in [4.69, 9.17) is 0 Å². The largest absolute Gasteiger partial charge is 0.308 e. The van der Waals surface area contributed by atoms with Crippen LogP contribution in [0.5, 0.6) is 0 Å². The first-order chi connectivity index (χ1) is 17.8. The Morgan fingerprint density at radius 2 is 1.00 bits per heavy atom. The van der Waals surface area contributed by atoms with Crippen LogP contribution < -0.4 is 4.57 Å². The van der Waals surface area contributed by atoms with E-state index in [1.807, 2.05) is 0 Å². The Morgan fingerprint density at radius 3 is 1.67 bits per heavy atom. The van der Waals surface area contributed by atoms with E-state index >= 15 is 0 Å². The van der Waals surface area contributed by atoms with Crippen LogP contribution in [0, 0.1) is 6.92 Å². The Bertz CT molecular complexity index is 2380. The van der Waals surface area contributed by atoms with Gasteiger partial charge >= 0.3 is 0 Å². The first kappa shape index (κ1) is 18.7. The van der Waals surface area contributed by atoms with E-state index < -0.39 is 0 Å². The summed E-state index contributed by atoms with van der Waals surface area (Å²) in [7, 11) is 2.21. The number of aryl methyl sites for hydroxylation is 2. The van der Waals surface area contributed by atoms with Crippen LogP contribution in [-0.4, -0.2) is 8.80 Å². The van der Waals surface area contributed by atoms with E-state index in [9.17, 15) is 0 Å². The summed E-state index contributed by atoms with van der Waals surface area (Å²) in [6.07, 6.45) is 0. The molecule has 0 atom stereocenters. The Morgan fingerprint density at radius 1 is 0.500 bits per heavy atom. The van der Waals surface area contributed by atoms with Crippen LogP contribution >= 0.6 is 0 Å². The number of para-hydroxylation sites is 5. The van der Waals surface area contributed by atoms with Crippen molar-refractivity contribution in [2.45, 2.75) is 6.92 Å². The van der Waals surface area contributed by atoms with Gasteiger partial charge in [0.05, 0.1) is 29.0 Å². The highest BCUT2D eigenvalue weighted by atomic mass is 15.1. The Kier molecular flexibility index (Phi) is 3.18. The zero-order valence-corrected chi connectivity index (χ0v) is 20.1. The molecule has 3 heteroatoms. The van der Waals surface area contributed by atoms with Crippen LogP contribution in [0.15, 0.2) is 97.1 Å². The first-order valence-corrected chi connectivity index (χ1v) is 12.5. The van der Waals surface area contributed by atoms with Gasteiger partial charge in [-0.05, 0) is 42.8 Å². The Labute approximate surface area is 206 Å². The maximum atomic E-state index is 2.50. The molecule has 0 aliphatic heterocycles. The Hall–Kier alpha value is -4.63. The zero-order chi connectivity index (χ0) is 23.7. The van der Waals surface area contributed by atoms with Crippen LogP contribution in [0.1, 0.15) is 5.56 Å². The highest BCUT2D eigenvalue weighted by Crippen LogP contribution is 2.47. The fraction of sp³-hybridized carbons (Fsp3) is 0.0606. The van der Waals surface area contributed by atoms with Crippen LogP contribution in [0.4, 0.5) is 0 Å². The molecule has 9 aromatic rings. The van der Waals surface area contributed by atoms with Crippen molar-refractivity contribution in [2.24, 2.45) is 7.05 Å². The summed E-state index contributed by atoms with van der Waals surface area (Å²) in [5, 5.41) is 9.38. The Balaban J connectivity index is 1.79. The molecule has 0 fully saturated rings. The summed E-state index contributed by atoms with van der Waals surface area (Å²) in [5.41, 5.74) is 10.2. The van der Waals surface area contributed by atoms with Crippen molar-refractivity contribution in [1.29, 1.82) is 0 Å². The molecule has 0 aliphatic rings. The van der Waals surface area contributed by atoms with Crippen molar-refractivity contribution in [2.75, 3.05) is 0 Å². The normalized spacial score (nSPS) is 12.7. The maximum Gasteiger partial charge on any atom is 0.295 e. The number of rotatable bonds is 0. The van der Waals surface area contributed by atoms with Gasteiger partial charge in [-0.2, -0.15) is 4.40 Å². The highest BCUT2D eigenvalue weighted by Gasteiger charge is 2.29. The number of imidazole rings is 1. The third kappa shape index (κ3) is 1.91. The SMILES string of the molecule is Cc1c2c3ccccc3n3c4ccccc4c(c4c5ccccc5n5c6ccccc6[n+](C)c5c14)c23. The second kappa shape index (κ2) is 6.13. The lowest BCUT2D eigenvalue weighted by atomic mass is 9.93. The van der Waals surface area contributed by atoms with Crippen LogP contribution in [0.3, 0.4) is 0 Å². The number of nitrogens with zero attached hydrogens (tertiary/aromatic N) is 3. The van der Waals surface area contributed by atoms with Gasteiger partial charge in [-0.25, -0.2) is 4.57 Å². The third-order valence-electron chi connectivity index (χ3n) is 8.43. The lowest BCUT2D eigenvalue weighted by Gasteiger charge is -2.11. The number of fused-ring (bicyclic) bond motifs is 15. The van der Waals surface area contributed by atoms with Crippen molar-refractivity contribution in [3.8, 4) is 0 Å². The molecule has 9 rings (SSSR count). The molecule has 0 bridgehead atoms. The fourth-order valence-electron chi connectivity index (χ4n) is 7.07. The van der Waals surface area contributed by atoms with Crippen molar-refractivity contribution >= 4 is 76.5 Å². The standard InChI is InChI=1S/C33H22N3/c1-19-28-20-11-3-6-14-23(20)35-24-15-7-5-13-22(24)31(32(28)35)30-21-12-4-8-16-25(21)36-27-18-10-9-17-26(27)34(2)33(36)29(19)30/h3-18H,1-2H3/q+1. The number of aromatic nitrogens is 3. The number of benzene rings is 5. The van der Waals surface area contributed by atoms with Crippen LogP contribution in [0.2, 0.25) is 0 Å². The molecule has 3 nitrogen and oxygen atoms in total. The smallest absolute Gasteiger partial charge is 0.295 e. The van der Waals surface area contributed by atoms with Gasteiger partial charge in [0.1, 0.15) is 5.52 Å². The van der Waals surface area contributed by atoms with Gasteiger partial charge in [-0.15, -0.1) is 0 Å². The zero-order valence-electron chi connectivity index (χ0n) is 20.1. The molecule has 36 heavy (non-hydrogen) atoms. The van der Waals surface area contributed by atoms with E-state index in [0.29, 0.717) is 0 Å². The summed E-state index contributed by atoms with van der Waals surface area (Å²) >= 11 is 0. The average Bonchev–Trinajstić information content (AvgIpc) is 3.54. The summed E-state index contributed by atoms with van der Waals surface area (Å²) in [6, 6.07) is 35.5. The second-order valence-electron chi connectivity index (χ2n) is 10.1. The molecule has 168 valence electrons. The minimum Gasteiger partial charge on any atom is -0.308 e. The average molecular weight is 461 g/mol. The highest BCUT2D eigenvalue weighted by molar-refractivity contribution is 6.37. The minimum absolute atomic E-state index is 1.24. The van der Waals surface area contributed by atoms with Gasteiger partial charge in [0.15, 0.2) is 11.0 Å². The van der Waals surface area contributed by atoms with E-state index in [1.54, 1.807) is 0 Å². The number of pyridine rings is 1. The molecule has 0 saturated carbocycles. The molecule has 4 aromatic heterocycles. The molecule has 0 saturated heterocycles. The monoisotopic (exact) mass is 460 g/mol. The van der Waals surface area contributed by atoms with E-state index in [-0.39, 0.29) is 0 Å². The molecule has 0 amide bonds. The summed E-state index contributed by atoms with van der Waals surface area (Å²) in [6.45, 7) is 2.33. The number of hydrogen-bond acceptors (Lipinski definition) is 0. The van der Waals surface area contributed by atoms with E-state index in [0.717, 1.165) is 0 Å². The summed E-state index contributed by atoms with van der Waals surface area (Å²) in [5.74, 6) is 0. The third-order valence-corrected chi connectivity index (χ3v) is 8.43. The summed E-state index contributed by atoms with van der Waals surface area (Å²) in [4.78, 5) is 0. The quantitative estimate of drug-likeness (QED) is 0.163. The molecule has 0 unspecified atom stereocenters. The van der Waals surface area contributed by atoms with Crippen molar-refractivity contribution in [1.82, 2.24) is 8.80 Å². The predicted molar refractivity (Wildman–Crippen MR) is 150 cm³/mol. The topological polar surface area (TPSA) is 12.7 Å². The van der Waals surface area contributed by atoms with E-state index in [1.165, 1.54) is 82.0 Å². The minimum atomic E-state index is 1.24. The molecule has 0 radical (unpaired) electrons. The molecule has 0 spiro atoms. The van der Waals surface area contributed by atoms with Crippen molar-refractivity contribution in [3.05, 3.63) is 103 Å². The van der Waals surface area contributed by atoms with Crippen molar-refractivity contribution < 1.29 is 4.57 Å². The molecule has 4 heterocycles. The predicted octanol–water partition coefficient (Wildman–Crippen LogP) is 7.68. The molecular formula is C33H22N3+. The maximum absolute atomic E-state index is 2.50. The van der Waals surface area contributed by atoms with Gasteiger partial charge in [-0.3, -0.25) is 0 Å². The van der Waals surface area contributed by atoms with Crippen LogP contribution in [0.25, 0.3) is 76.5 Å². The van der Waals surface area contributed by atoms with Crippen molar-refractivity contribution in [3.63, 3.8) is 0 Å². The lowest BCUT2D eigenvalue weighted by Crippen LogP contribution is -2.27. The molecule has 5 aromatic carbocycles. The second-order valence-corrected chi connectivity index (χ2v) is 10.1. The molecule has 0 N–H and O–H groups in total. The first-order valence-electron chi connectivity index (χ1n) is 12.5. The van der Waals surface area contributed by atoms with Gasteiger partial charge < -0.3 is 4.40 Å². The van der Waals surface area contributed by atoms with Crippen LogP contribution in [-0.2, 0) is 7.05 Å². The van der Waals surface area contributed by atoms with Gasteiger partial charge in [-0.1, -0.05) is 66.7 Å². The number of hydrogen-bond donors (Lipinski definition) is 0. The van der Waals surface area contributed by atoms with Gasteiger partial charge in [0.2, 0.25) is 0 Å². The summed E-state index contributed by atoms with van der Waals surface area (Å²) < 4.78 is 7.35. The fourth-order valence-corrected chi connectivity index (χ4v) is 7.07.